The van der Waals surface area contributed by atoms with Crippen molar-refractivity contribution >= 4 is 22.8 Å². The number of nitrogens with one attached hydrogen (secondary N) is 1. The molecule has 0 bridgehead atoms. The van der Waals surface area contributed by atoms with Crippen LogP contribution in [-0.2, 0) is 0 Å². The first-order valence-electron chi connectivity index (χ1n) is 4.21. The summed E-state index contributed by atoms with van der Waals surface area (Å²) in [4.78, 5) is 8.93. The van der Waals surface area contributed by atoms with Crippen LogP contribution in [0.3, 0.4) is 0 Å². The zero-order valence-corrected chi connectivity index (χ0v) is 8.83. The normalized spacial score (nSPS) is 11.0. The first-order chi connectivity index (χ1) is 6.22. The second kappa shape index (κ2) is 3.07. The summed E-state index contributed by atoms with van der Waals surface area (Å²) in [6.07, 6.45) is 3.99. The van der Waals surface area contributed by atoms with E-state index in [0.717, 1.165) is 5.65 Å². The van der Waals surface area contributed by atoms with Crippen LogP contribution in [0.5, 0.6) is 0 Å². The number of pyridine rings is 1. The van der Waals surface area contributed by atoms with Gasteiger partial charge in [-0.25, -0.2) is 4.98 Å². The van der Waals surface area contributed by atoms with Crippen LogP contribution in [0, 0.1) is 13.8 Å². The molecule has 0 aliphatic rings. The third-order valence-corrected chi connectivity index (χ3v) is 3.05. The molecule has 0 atom stereocenters. The molecule has 2 rings (SSSR count). The quantitative estimate of drug-likeness (QED) is 0.704. The first-order valence-corrected chi connectivity index (χ1v) is 5.43. The number of aromatic nitrogens is 2. The van der Waals surface area contributed by atoms with Crippen molar-refractivity contribution in [3.8, 4) is 0 Å². The Morgan fingerprint density at radius 3 is 2.85 bits per heavy atom. The molecular weight excluding hydrogens is 180 g/mol. The summed E-state index contributed by atoms with van der Waals surface area (Å²) in [6, 6.07) is 2.18. The van der Waals surface area contributed by atoms with Gasteiger partial charge in [0.25, 0.3) is 0 Å². The van der Waals surface area contributed by atoms with Crippen molar-refractivity contribution in [1.29, 1.82) is 0 Å². The van der Waals surface area contributed by atoms with Crippen molar-refractivity contribution in [2.45, 2.75) is 18.7 Å². The van der Waals surface area contributed by atoms with Crippen LogP contribution in [0.1, 0.15) is 11.3 Å². The molecule has 2 heterocycles. The molecular formula is C10H12N2S. The molecule has 1 N–H and O–H groups in total. The van der Waals surface area contributed by atoms with E-state index in [1.807, 2.05) is 6.20 Å². The van der Waals surface area contributed by atoms with Gasteiger partial charge in [0.2, 0.25) is 0 Å². The molecule has 0 saturated heterocycles. The van der Waals surface area contributed by atoms with E-state index in [-0.39, 0.29) is 0 Å². The maximum atomic E-state index is 4.34. The van der Waals surface area contributed by atoms with Gasteiger partial charge < -0.3 is 4.98 Å². The van der Waals surface area contributed by atoms with E-state index in [4.69, 9.17) is 0 Å². The minimum atomic E-state index is 0.993. The Morgan fingerprint density at radius 2 is 2.15 bits per heavy atom. The Hall–Kier alpha value is -0.960. The van der Waals surface area contributed by atoms with Gasteiger partial charge in [-0.2, -0.15) is 0 Å². The number of aryl methyl sites for hydroxylation is 2. The lowest BCUT2D eigenvalue weighted by Crippen LogP contribution is -1.77. The molecule has 0 spiro atoms. The number of aromatic amines is 1. The third-order valence-electron chi connectivity index (χ3n) is 2.12. The van der Waals surface area contributed by atoms with Gasteiger partial charge in [0.05, 0.1) is 0 Å². The second-order valence-corrected chi connectivity index (χ2v) is 4.01. The van der Waals surface area contributed by atoms with Crippen LogP contribution >= 0.6 is 11.8 Å². The topological polar surface area (TPSA) is 28.7 Å². The second-order valence-electron chi connectivity index (χ2n) is 3.19. The van der Waals surface area contributed by atoms with Crippen molar-refractivity contribution in [2.75, 3.05) is 6.26 Å². The highest BCUT2D eigenvalue weighted by Gasteiger charge is 2.07. The lowest BCUT2D eigenvalue weighted by atomic mass is 10.2. The molecule has 13 heavy (non-hydrogen) atoms. The molecule has 2 aromatic heterocycles. The fraction of sp³-hybridized carbons (Fsp3) is 0.300. The van der Waals surface area contributed by atoms with Gasteiger partial charge in [-0.15, -0.1) is 11.8 Å². The lowest BCUT2D eigenvalue weighted by molar-refractivity contribution is 1.20. The average Bonchev–Trinajstić information content (AvgIpc) is 2.40. The highest BCUT2D eigenvalue weighted by Crippen LogP contribution is 2.28. The summed E-state index contributed by atoms with van der Waals surface area (Å²) in [5.74, 6) is 0. The Kier molecular flexibility index (Phi) is 2.04. The highest BCUT2D eigenvalue weighted by molar-refractivity contribution is 7.98. The minimum absolute atomic E-state index is 0.993. The summed E-state index contributed by atoms with van der Waals surface area (Å²) >= 11 is 1.77. The molecule has 0 aliphatic heterocycles. The molecule has 2 aromatic rings. The maximum absolute atomic E-state index is 4.34. The summed E-state index contributed by atoms with van der Waals surface area (Å²) < 4.78 is 0. The monoisotopic (exact) mass is 192 g/mol. The summed E-state index contributed by atoms with van der Waals surface area (Å²) in [5.41, 5.74) is 3.41. The van der Waals surface area contributed by atoms with Crippen molar-refractivity contribution < 1.29 is 0 Å². The highest BCUT2D eigenvalue weighted by atomic mass is 32.2. The SMILES string of the molecule is CSc1c(C)[nH]c2ncc(C)cc12. The standard InChI is InChI=1S/C10H12N2S/c1-6-4-8-9(13-3)7(2)12-10(8)11-5-6/h4-5H,1-3H3,(H,11,12). The number of hydrogen-bond acceptors (Lipinski definition) is 2. The van der Waals surface area contributed by atoms with Crippen LogP contribution < -0.4 is 0 Å². The molecule has 2 nitrogen and oxygen atoms in total. The van der Waals surface area contributed by atoms with E-state index < -0.39 is 0 Å². The predicted octanol–water partition coefficient (Wildman–Crippen LogP) is 2.90. The first kappa shape index (κ1) is 8.63. The summed E-state index contributed by atoms with van der Waals surface area (Å²) in [6.45, 7) is 4.15. The zero-order chi connectivity index (χ0) is 9.42. The molecule has 3 heteroatoms. The smallest absolute Gasteiger partial charge is 0.138 e. The van der Waals surface area contributed by atoms with Crippen LogP contribution in [0.4, 0.5) is 0 Å². The van der Waals surface area contributed by atoms with Gasteiger partial charge in [-0.3, -0.25) is 0 Å². The number of hydrogen-bond donors (Lipinski definition) is 1. The van der Waals surface area contributed by atoms with Gasteiger partial charge in [0, 0.05) is 22.2 Å². The van der Waals surface area contributed by atoms with Crippen LogP contribution in [-0.4, -0.2) is 16.2 Å². The molecule has 0 aliphatic carbocycles. The Morgan fingerprint density at radius 1 is 1.38 bits per heavy atom. The van der Waals surface area contributed by atoms with E-state index in [1.54, 1.807) is 11.8 Å². The van der Waals surface area contributed by atoms with Crippen molar-refractivity contribution in [1.82, 2.24) is 9.97 Å². The lowest BCUT2D eigenvalue weighted by Gasteiger charge is -1.95. The molecule has 0 amide bonds. The van der Waals surface area contributed by atoms with E-state index >= 15 is 0 Å². The molecule has 0 aromatic carbocycles. The predicted molar refractivity (Wildman–Crippen MR) is 57.3 cm³/mol. The summed E-state index contributed by atoms with van der Waals surface area (Å²) in [7, 11) is 0. The maximum Gasteiger partial charge on any atom is 0.138 e. The van der Waals surface area contributed by atoms with E-state index in [1.165, 1.54) is 21.5 Å². The number of H-pyrrole nitrogens is 1. The van der Waals surface area contributed by atoms with E-state index in [2.05, 4.69) is 36.1 Å². The molecule has 0 unspecified atom stereocenters. The summed E-state index contributed by atoms with van der Waals surface area (Å²) in [5, 5.41) is 1.24. The van der Waals surface area contributed by atoms with Gasteiger partial charge in [0.15, 0.2) is 0 Å². The van der Waals surface area contributed by atoms with E-state index in [9.17, 15) is 0 Å². The van der Waals surface area contributed by atoms with E-state index in [0.29, 0.717) is 0 Å². The fourth-order valence-electron chi connectivity index (χ4n) is 1.54. The fourth-order valence-corrected chi connectivity index (χ4v) is 2.27. The largest absolute Gasteiger partial charge is 0.342 e. The molecule has 0 radical (unpaired) electrons. The van der Waals surface area contributed by atoms with Crippen LogP contribution in [0.2, 0.25) is 0 Å². The Balaban J connectivity index is 2.80. The van der Waals surface area contributed by atoms with Crippen LogP contribution in [0.25, 0.3) is 11.0 Å². The Bertz CT molecular complexity index is 445. The number of nitrogens with zero attached hydrogens (tertiary/aromatic N) is 1. The molecule has 0 saturated carbocycles. The van der Waals surface area contributed by atoms with Gasteiger partial charge in [-0.1, -0.05) is 0 Å². The van der Waals surface area contributed by atoms with Crippen molar-refractivity contribution in [2.24, 2.45) is 0 Å². The van der Waals surface area contributed by atoms with Crippen molar-refractivity contribution in [3.05, 3.63) is 23.5 Å². The Labute approximate surface area is 81.8 Å². The van der Waals surface area contributed by atoms with Gasteiger partial charge >= 0.3 is 0 Å². The molecule has 68 valence electrons. The van der Waals surface area contributed by atoms with Crippen LogP contribution in [0.15, 0.2) is 17.2 Å². The minimum Gasteiger partial charge on any atom is -0.342 e. The van der Waals surface area contributed by atoms with Gasteiger partial charge in [-0.05, 0) is 31.7 Å². The molecule has 0 fully saturated rings. The zero-order valence-electron chi connectivity index (χ0n) is 8.01. The average molecular weight is 192 g/mol. The number of fused-ring (bicyclic) bond motifs is 1. The van der Waals surface area contributed by atoms with Gasteiger partial charge in [0.1, 0.15) is 5.65 Å². The number of thioether (sulfide) groups is 1. The number of rotatable bonds is 1. The van der Waals surface area contributed by atoms with Crippen molar-refractivity contribution in [3.63, 3.8) is 0 Å². The third kappa shape index (κ3) is 1.33.